The lowest BCUT2D eigenvalue weighted by Crippen LogP contribution is -2.47. The molecule has 0 amide bonds. The van der Waals surface area contributed by atoms with E-state index in [1.165, 1.54) is 6.42 Å². The van der Waals surface area contributed by atoms with Gasteiger partial charge >= 0.3 is 0 Å². The molecule has 0 bridgehead atoms. The second-order valence-corrected chi connectivity index (χ2v) is 8.89. The van der Waals surface area contributed by atoms with Gasteiger partial charge in [-0.15, -0.1) is 24.0 Å². The molecule has 1 aliphatic carbocycles. The number of aliphatic imine (C=N–C) groups is 1. The number of sulfonamides is 1. The van der Waals surface area contributed by atoms with Gasteiger partial charge in [0, 0.05) is 25.6 Å². The van der Waals surface area contributed by atoms with Crippen LogP contribution in [0.15, 0.2) is 11.3 Å². The van der Waals surface area contributed by atoms with Crippen molar-refractivity contribution < 1.29 is 8.42 Å². The standard InChI is InChI=1S/C16H29N7O2S.HI/c1-2-17-16(22-14-6-7-15-19-12-20-23(15)11-14)18-8-9-26(24,25)21-10-13-4-3-5-13;/h12-14,21H,2-11H2,1H3,(H2,17,18,22);1H. The summed E-state index contributed by atoms with van der Waals surface area (Å²) in [5.74, 6) is 2.18. The Morgan fingerprint density at radius 2 is 2.19 bits per heavy atom. The summed E-state index contributed by atoms with van der Waals surface area (Å²) in [6.45, 7) is 4.24. The molecular weight excluding hydrogens is 481 g/mol. The molecule has 9 nitrogen and oxygen atoms in total. The van der Waals surface area contributed by atoms with Gasteiger partial charge < -0.3 is 10.6 Å². The van der Waals surface area contributed by atoms with Gasteiger partial charge in [-0.1, -0.05) is 6.42 Å². The summed E-state index contributed by atoms with van der Waals surface area (Å²) in [4.78, 5) is 8.66. The van der Waals surface area contributed by atoms with E-state index < -0.39 is 10.0 Å². The maximum absolute atomic E-state index is 12.1. The SMILES string of the molecule is CCNC(=NCCS(=O)(=O)NCC1CCC1)NC1CCc2ncnn2C1.I. The van der Waals surface area contributed by atoms with Crippen LogP contribution in [0.25, 0.3) is 0 Å². The van der Waals surface area contributed by atoms with Crippen LogP contribution in [0.5, 0.6) is 0 Å². The Balaban J connectivity index is 0.00000261. The summed E-state index contributed by atoms with van der Waals surface area (Å²) in [7, 11) is -3.26. The van der Waals surface area contributed by atoms with E-state index in [0.29, 0.717) is 18.4 Å². The van der Waals surface area contributed by atoms with Crippen LogP contribution in [-0.4, -0.2) is 60.6 Å². The first-order valence-electron chi connectivity index (χ1n) is 9.44. The predicted octanol–water partition coefficient (Wildman–Crippen LogP) is 0.486. The van der Waals surface area contributed by atoms with E-state index in [2.05, 4.69) is 30.4 Å². The molecule has 0 spiro atoms. The highest BCUT2D eigenvalue weighted by Crippen LogP contribution is 2.25. The van der Waals surface area contributed by atoms with Crippen molar-refractivity contribution in [2.75, 3.05) is 25.4 Å². The highest BCUT2D eigenvalue weighted by molar-refractivity contribution is 14.0. The minimum Gasteiger partial charge on any atom is -0.357 e. The fourth-order valence-electron chi connectivity index (χ4n) is 3.16. The number of hydrogen-bond donors (Lipinski definition) is 3. The molecule has 3 N–H and O–H groups in total. The molecule has 1 aromatic heterocycles. The first-order chi connectivity index (χ1) is 12.6. The Morgan fingerprint density at radius 1 is 1.37 bits per heavy atom. The summed E-state index contributed by atoms with van der Waals surface area (Å²) in [6, 6.07) is 0.204. The normalized spacial score (nSPS) is 20.3. The van der Waals surface area contributed by atoms with Crippen molar-refractivity contribution in [3.8, 4) is 0 Å². The number of rotatable bonds is 8. The highest BCUT2D eigenvalue weighted by Gasteiger charge is 2.21. The minimum atomic E-state index is -3.26. The lowest BCUT2D eigenvalue weighted by atomic mass is 9.86. The highest BCUT2D eigenvalue weighted by atomic mass is 127. The first kappa shape index (κ1) is 22.3. The molecular formula is C16H30IN7O2S. The maximum Gasteiger partial charge on any atom is 0.213 e. The zero-order valence-electron chi connectivity index (χ0n) is 15.7. The molecule has 154 valence electrons. The lowest BCUT2D eigenvalue weighted by molar-refractivity contribution is 0.316. The monoisotopic (exact) mass is 511 g/mol. The first-order valence-corrected chi connectivity index (χ1v) is 11.1. The van der Waals surface area contributed by atoms with E-state index in [4.69, 9.17) is 0 Å². The fourth-order valence-corrected chi connectivity index (χ4v) is 4.13. The predicted molar refractivity (Wildman–Crippen MR) is 116 cm³/mol. The quantitative estimate of drug-likeness (QED) is 0.266. The molecule has 0 radical (unpaired) electrons. The molecule has 11 heteroatoms. The summed E-state index contributed by atoms with van der Waals surface area (Å²) in [6.07, 6.45) is 6.87. The van der Waals surface area contributed by atoms with Gasteiger partial charge in [0.15, 0.2) is 5.96 Å². The van der Waals surface area contributed by atoms with Crippen LogP contribution < -0.4 is 15.4 Å². The summed E-state index contributed by atoms with van der Waals surface area (Å²) in [5, 5.41) is 10.8. The second-order valence-electron chi connectivity index (χ2n) is 6.96. The van der Waals surface area contributed by atoms with E-state index in [9.17, 15) is 8.42 Å². The molecule has 3 rings (SSSR count). The second kappa shape index (κ2) is 10.6. The Bertz CT molecular complexity index is 718. The van der Waals surface area contributed by atoms with Gasteiger partial charge in [0.1, 0.15) is 12.2 Å². The Labute approximate surface area is 178 Å². The van der Waals surface area contributed by atoms with Crippen LogP contribution >= 0.6 is 24.0 Å². The Kier molecular flexibility index (Phi) is 8.73. The molecule has 1 atom stereocenters. The van der Waals surface area contributed by atoms with Crippen molar-refractivity contribution in [3.63, 3.8) is 0 Å². The average molecular weight is 511 g/mol. The summed E-state index contributed by atoms with van der Waals surface area (Å²) in [5.41, 5.74) is 0. The third-order valence-corrected chi connectivity index (χ3v) is 6.26. The van der Waals surface area contributed by atoms with E-state index in [-0.39, 0.29) is 42.3 Å². The van der Waals surface area contributed by atoms with Gasteiger partial charge in [0.25, 0.3) is 0 Å². The van der Waals surface area contributed by atoms with E-state index in [1.807, 2.05) is 11.6 Å². The largest absolute Gasteiger partial charge is 0.357 e. The number of aryl methyl sites for hydroxylation is 1. The maximum atomic E-state index is 12.1. The molecule has 0 saturated heterocycles. The number of hydrogen-bond acceptors (Lipinski definition) is 5. The van der Waals surface area contributed by atoms with Crippen LogP contribution in [0.3, 0.4) is 0 Å². The smallest absolute Gasteiger partial charge is 0.213 e. The van der Waals surface area contributed by atoms with Crippen LogP contribution in [-0.2, 0) is 23.0 Å². The van der Waals surface area contributed by atoms with Gasteiger partial charge in [0.05, 0.1) is 18.8 Å². The van der Waals surface area contributed by atoms with E-state index >= 15 is 0 Å². The zero-order valence-corrected chi connectivity index (χ0v) is 18.9. The average Bonchev–Trinajstić information content (AvgIpc) is 3.01. The number of aromatic nitrogens is 3. The van der Waals surface area contributed by atoms with Crippen molar-refractivity contribution in [2.24, 2.45) is 10.9 Å². The molecule has 2 aliphatic rings. The molecule has 1 unspecified atom stereocenters. The fraction of sp³-hybridized carbons (Fsp3) is 0.812. The third kappa shape index (κ3) is 6.86. The van der Waals surface area contributed by atoms with Crippen LogP contribution in [0.2, 0.25) is 0 Å². The number of nitrogens with one attached hydrogen (secondary N) is 3. The van der Waals surface area contributed by atoms with Crippen molar-refractivity contribution >= 4 is 40.0 Å². The van der Waals surface area contributed by atoms with Gasteiger partial charge in [-0.3, -0.25) is 4.99 Å². The van der Waals surface area contributed by atoms with Crippen molar-refractivity contribution in [3.05, 3.63) is 12.2 Å². The number of halogens is 1. The number of fused-ring (bicyclic) bond motifs is 1. The van der Waals surface area contributed by atoms with Crippen molar-refractivity contribution in [1.29, 1.82) is 0 Å². The number of nitrogens with zero attached hydrogens (tertiary/aromatic N) is 4. The molecule has 1 aliphatic heterocycles. The Morgan fingerprint density at radius 3 is 2.89 bits per heavy atom. The van der Waals surface area contributed by atoms with Crippen LogP contribution in [0.1, 0.15) is 38.4 Å². The minimum absolute atomic E-state index is 0. The third-order valence-electron chi connectivity index (χ3n) is 4.94. The molecule has 1 aromatic rings. The van der Waals surface area contributed by atoms with Crippen LogP contribution in [0, 0.1) is 5.92 Å². The van der Waals surface area contributed by atoms with Crippen molar-refractivity contribution in [1.82, 2.24) is 30.1 Å². The molecule has 0 aromatic carbocycles. The molecule has 1 saturated carbocycles. The summed E-state index contributed by atoms with van der Waals surface area (Å²) < 4.78 is 28.7. The Hall–Kier alpha value is -0.950. The van der Waals surface area contributed by atoms with Gasteiger partial charge in [-0.25, -0.2) is 22.8 Å². The summed E-state index contributed by atoms with van der Waals surface area (Å²) >= 11 is 0. The zero-order chi connectivity index (χ0) is 18.4. The van der Waals surface area contributed by atoms with Crippen LogP contribution in [0.4, 0.5) is 0 Å². The molecule has 1 fully saturated rings. The van der Waals surface area contributed by atoms with Gasteiger partial charge in [0.2, 0.25) is 10.0 Å². The molecule has 2 heterocycles. The molecule has 27 heavy (non-hydrogen) atoms. The number of guanidine groups is 1. The lowest BCUT2D eigenvalue weighted by Gasteiger charge is -2.25. The van der Waals surface area contributed by atoms with Crippen molar-refractivity contribution in [2.45, 2.75) is 51.6 Å². The topological polar surface area (TPSA) is 113 Å². The van der Waals surface area contributed by atoms with E-state index in [1.54, 1.807) is 6.33 Å². The van der Waals surface area contributed by atoms with E-state index in [0.717, 1.165) is 44.6 Å². The van der Waals surface area contributed by atoms with Gasteiger partial charge in [-0.05, 0) is 32.1 Å². The van der Waals surface area contributed by atoms with Gasteiger partial charge in [-0.2, -0.15) is 5.10 Å².